The number of hydrogen-bond acceptors (Lipinski definition) is 7. The highest BCUT2D eigenvalue weighted by Gasteiger charge is 2.31. The van der Waals surface area contributed by atoms with Gasteiger partial charge >= 0.3 is 5.89 Å². The molecule has 0 saturated carbocycles. The quantitative estimate of drug-likeness (QED) is 0.153. The number of ether oxygens (including phenoxy) is 1. The lowest BCUT2D eigenvalue weighted by Gasteiger charge is -2.17. The Morgan fingerprint density at radius 1 is 0.727 bits per heavy atom. The minimum atomic E-state index is -4.29. The normalized spacial score (nSPS) is 14.2. The fourth-order valence-corrected chi connectivity index (χ4v) is 6.12. The van der Waals surface area contributed by atoms with Crippen LogP contribution in [-0.4, -0.2) is 44.0 Å². The van der Waals surface area contributed by atoms with Crippen molar-refractivity contribution >= 4 is 43.1 Å². The van der Waals surface area contributed by atoms with Crippen molar-refractivity contribution in [2.45, 2.75) is 13.0 Å². The highest BCUT2D eigenvalue weighted by molar-refractivity contribution is 7.86. The number of oxazole rings is 1. The summed E-state index contributed by atoms with van der Waals surface area (Å²) in [6.45, 7) is 0.0946. The Morgan fingerprint density at radius 3 is 1.98 bits per heavy atom. The lowest BCUT2D eigenvalue weighted by atomic mass is 10.0. The molecule has 0 amide bonds. The van der Waals surface area contributed by atoms with Gasteiger partial charge in [-0.1, -0.05) is 72.8 Å². The van der Waals surface area contributed by atoms with Crippen LogP contribution in [0.2, 0.25) is 0 Å². The number of aromatic nitrogens is 1. The van der Waals surface area contributed by atoms with Crippen LogP contribution < -0.4 is 14.2 Å². The van der Waals surface area contributed by atoms with Gasteiger partial charge in [0.25, 0.3) is 25.8 Å². The molecule has 44 heavy (non-hydrogen) atoms. The van der Waals surface area contributed by atoms with Crippen LogP contribution in [0.3, 0.4) is 0 Å². The van der Waals surface area contributed by atoms with Crippen LogP contribution in [-0.2, 0) is 26.8 Å². The van der Waals surface area contributed by atoms with Crippen LogP contribution in [0.15, 0.2) is 107 Å². The van der Waals surface area contributed by atoms with E-state index in [0.717, 1.165) is 22.3 Å². The van der Waals surface area contributed by atoms with Gasteiger partial charge in [0.15, 0.2) is 12.3 Å². The van der Waals surface area contributed by atoms with E-state index >= 15 is 0 Å². The molecule has 0 spiro atoms. The molecule has 1 aliphatic rings. The summed E-state index contributed by atoms with van der Waals surface area (Å²) in [6, 6.07) is 30.7. The van der Waals surface area contributed by atoms with Gasteiger partial charge in [-0.2, -0.15) is 21.4 Å². The van der Waals surface area contributed by atoms with E-state index in [1.54, 1.807) is 21.6 Å². The van der Waals surface area contributed by atoms with E-state index < -0.39 is 31.7 Å². The van der Waals surface area contributed by atoms with Crippen molar-refractivity contribution in [3.8, 4) is 28.0 Å². The summed E-state index contributed by atoms with van der Waals surface area (Å²) >= 11 is 0. The summed E-state index contributed by atoms with van der Waals surface area (Å²) in [6.07, 6.45) is 1.72. The van der Waals surface area contributed by atoms with Crippen LogP contribution in [0.1, 0.15) is 12.3 Å². The van der Waals surface area contributed by atoms with E-state index in [1.165, 1.54) is 0 Å². The first-order valence-electron chi connectivity index (χ1n) is 13.8. The topological polar surface area (TPSA) is 138 Å². The maximum Gasteiger partial charge on any atom is 0.379 e. The van der Waals surface area contributed by atoms with Gasteiger partial charge in [-0.25, -0.2) is 0 Å². The molecule has 10 nitrogen and oxygen atoms in total. The molecule has 1 aromatic heterocycles. The Balaban J connectivity index is 1.44. The molecule has 0 saturated heterocycles. The number of aryl methyl sites for hydroxylation is 1. The predicted octanol–water partition coefficient (Wildman–Crippen LogP) is 5.42. The first kappa shape index (κ1) is 29.6. The van der Waals surface area contributed by atoms with E-state index in [-0.39, 0.29) is 25.4 Å². The molecule has 5 aromatic rings. The number of rotatable bonds is 10. The van der Waals surface area contributed by atoms with Crippen molar-refractivity contribution in [2.75, 3.05) is 23.0 Å². The zero-order chi connectivity index (χ0) is 30.9. The molecule has 6 rings (SSSR count). The Bertz CT molecular complexity index is 2080. The number of anilines is 1. The molecule has 0 radical (unpaired) electrons. The summed E-state index contributed by atoms with van der Waals surface area (Å²) in [7, 11) is -8.48. The van der Waals surface area contributed by atoms with Crippen molar-refractivity contribution in [1.82, 2.24) is 0 Å². The summed E-state index contributed by atoms with van der Waals surface area (Å²) in [5, 5.41) is 0. The van der Waals surface area contributed by atoms with Gasteiger partial charge in [0.2, 0.25) is 11.5 Å². The lowest BCUT2D eigenvalue weighted by molar-refractivity contribution is -0.677. The van der Waals surface area contributed by atoms with Gasteiger partial charge in [-0.3, -0.25) is 9.11 Å². The number of benzene rings is 4. The second-order valence-corrected chi connectivity index (χ2v) is 13.5. The molecular formula is C32H29N2O8S2+. The van der Waals surface area contributed by atoms with E-state index in [9.17, 15) is 25.9 Å². The van der Waals surface area contributed by atoms with Crippen LogP contribution >= 0.6 is 0 Å². The van der Waals surface area contributed by atoms with Crippen molar-refractivity contribution in [3.63, 3.8) is 0 Å². The van der Waals surface area contributed by atoms with Gasteiger partial charge in [-0.05, 0) is 40.5 Å². The van der Waals surface area contributed by atoms with Gasteiger partial charge < -0.3 is 14.1 Å². The maximum absolute atomic E-state index is 11.7. The van der Waals surface area contributed by atoms with Crippen molar-refractivity contribution < 1.29 is 39.7 Å². The average Bonchev–Trinajstić information content (AvgIpc) is 3.52. The zero-order valence-corrected chi connectivity index (χ0v) is 25.0. The Hall–Kier alpha value is -4.49. The number of nitrogens with zero attached hydrogens (tertiary/aromatic N) is 2. The molecule has 0 atom stereocenters. The number of fused-ring (bicyclic) bond motifs is 2. The summed E-state index contributed by atoms with van der Waals surface area (Å²) in [5.41, 5.74) is 5.61. The number of hydrogen-bond donors (Lipinski definition) is 2. The van der Waals surface area contributed by atoms with E-state index in [4.69, 9.17) is 9.15 Å². The highest BCUT2D eigenvalue weighted by Crippen LogP contribution is 2.42. The summed E-state index contributed by atoms with van der Waals surface area (Å²) < 4.78 is 79.6. The average molecular weight is 634 g/mol. The molecule has 0 aliphatic carbocycles. The zero-order valence-electron chi connectivity index (χ0n) is 23.4. The standard InChI is InChI=1S/C32H28N2O8S2/c35-43(36,37)18-7-16-33-27-20-25(23-8-3-1-4-9-23)12-14-29(27)41-31(33)22-32-34(17-19-44(38,39)40)28-21-26(13-15-30(28)42-32)24-10-5-2-6-11-24/h1-6,8-15,20-22H,7,16-19H2,(H-,35,36,37,38,39,40)/p+1. The molecule has 0 bridgehead atoms. The minimum Gasteiger partial charge on any atom is -0.438 e. The van der Waals surface area contributed by atoms with E-state index in [0.29, 0.717) is 28.4 Å². The fraction of sp³-hybridized carbons (Fsp3) is 0.156. The molecule has 226 valence electrons. The Labute approximate surface area is 254 Å². The SMILES string of the molecule is O=S(=O)(O)CCC[n+]1c(C=C2Oc3ccc(-c4ccccc4)cc3N2CCS(=O)(=O)O)oc2ccc(-c3ccccc3)cc21. The molecule has 2 heterocycles. The van der Waals surface area contributed by atoms with Gasteiger partial charge in [0, 0.05) is 19.0 Å². The van der Waals surface area contributed by atoms with Gasteiger partial charge in [-0.15, -0.1) is 0 Å². The Kier molecular flexibility index (Phi) is 7.99. The second kappa shape index (κ2) is 11.9. The fourth-order valence-electron chi connectivity index (χ4n) is 5.22. The molecule has 0 fully saturated rings. The van der Waals surface area contributed by atoms with Crippen molar-refractivity contribution in [3.05, 3.63) is 109 Å². The molecule has 1 aliphatic heterocycles. The van der Waals surface area contributed by atoms with Crippen molar-refractivity contribution in [2.24, 2.45) is 0 Å². The largest absolute Gasteiger partial charge is 0.438 e. The summed E-state index contributed by atoms with van der Waals surface area (Å²) in [4.78, 5) is 1.65. The van der Waals surface area contributed by atoms with E-state index in [1.807, 2.05) is 91.0 Å². The van der Waals surface area contributed by atoms with Crippen LogP contribution in [0.25, 0.3) is 39.4 Å². The summed E-state index contributed by atoms with van der Waals surface area (Å²) in [5.74, 6) is 0.0958. The molecule has 2 N–H and O–H groups in total. The first-order valence-corrected chi connectivity index (χ1v) is 17.0. The van der Waals surface area contributed by atoms with Gasteiger partial charge in [0.05, 0.1) is 17.2 Å². The minimum absolute atomic E-state index is 0.100. The second-order valence-electron chi connectivity index (χ2n) is 10.4. The van der Waals surface area contributed by atoms with Crippen molar-refractivity contribution in [1.29, 1.82) is 0 Å². The third-order valence-corrected chi connectivity index (χ3v) is 8.78. The Morgan fingerprint density at radius 2 is 1.34 bits per heavy atom. The monoisotopic (exact) mass is 633 g/mol. The molecule has 12 heteroatoms. The molecular weight excluding hydrogens is 604 g/mol. The van der Waals surface area contributed by atoms with Gasteiger partial charge in [0.1, 0.15) is 6.08 Å². The predicted molar refractivity (Wildman–Crippen MR) is 167 cm³/mol. The smallest absolute Gasteiger partial charge is 0.379 e. The third-order valence-electron chi connectivity index (χ3n) is 7.28. The first-order chi connectivity index (χ1) is 21.0. The maximum atomic E-state index is 11.7. The lowest BCUT2D eigenvalue weighted by Crippen LogP contribution is -2.37. The third kappa shape index (κ3) is 6.68. The van der Waals surface area contributed by atoms with Crippen LogP contribution in [0.4, 0.5) is 5.69 Å². The van der Waals surface area contributed by atoms with E-state index in [2.05, 4.69) is 0 Å². The van der Waals surface area contributed by atoms with Crippen LogP contribution in [0, 0.1) is 0 Å². The van der Waals surface area contributed by atoms with Crippen LogP contribution in [0.5, 0.6) is 5.75 Å². The molecule has 4 aromatic carbocycles. The molecule has 0 unspecified atom stereocenters. The highest BCUT2D eigenvalue weighted by atomic mass is 32.2.